The fraction of sp³-hybridized carbons (Fsp3) is 0.588. The molecule has 1 N–H and O–H groups in total. The van der Waals surface area contributed by atoms with Crippen LogP contribution in [0.25, 0.3) is 0 Å². The molecule has 0 aromatic heterocycles. The van der Waals surface area contributed by atoms with Crippen LogP contribution in [-0.2, 0) is 0 Å². The third-order valence-corrected chi connectivity index (χ3v) is 3.87. The monoisotopic (exact) mass is 290 g/mol. The molecule has 0 radical (unpaired) electrons. The minimum atomic E-state index is -0.558. The first-order chi connectivity index (χ1) is 9.94. The Hall–Kier alpha value is -1.60. The highest BCUT2D eigenvalue weighted by Gasteiger charge is 2.38. The number of nitriles is 1. The van der Waals surface area contributed by atoms with E-state index in [1.165, 1.54) is 6.07 Å². The normalized spacial score (nSPS) is 25.6. The lowest BCUT2D eigenvalue weighted by molar-refractivity contribution is 0.105. The molecule has 1 aliphatic rings. The summed E-state index contributed by atoms with van der Waals surface area (Å²) in [5, 5.41) is 12.9. The van der Waals surface area contributed by atoms with Gasteiger partial charge in [-0.3, -0.25) is 5.32 Å². The average molecular weight is 290 g/mol. The highest BCUT2D eigenvalue weighted by Crippen LogP contribution is 2.32. The molecule has 1 aromatic carbocycles. The van der Waals surface area contributed by atoms with E-state index in [2.05, 4.69) is 11.4 Å². The summed E-state index contributed by atoms with van der Waals surface area (Å²) < 4.78 is 19.6. The summed E-state index contributed by atoms with van der Waals surface area (Å²) in [6.07, 6.45) is 3.05. The number of rotatable bonds is 4. The molecule has 1 saturated carbocycles. The van der Waals surface area contributed by atoms with Gasteiger partial charge >= 0.3 is 0 Å². The zero-order chi connectivity index (χ0) is 15.5. The summed E-state index contributed by atoms with van der Waals surface area (Å²) in [7, 11) is 0. The van der Waals surface area contributed by atoms with Gasteiger partial charge in [-0.05, 0) is 57.7 Å². The highest BCUT2D eigenvalue weighted by molar-refractivity contribution is 5.30. The number of hydrogen-bond acceptors (Lipinski definition) is 3. The lowest BCUT2D eigenvalue weighted by atomic mass is 9.80. The Morgan fingerprint density at radius 3 is 2.90 bits per heavy atom. The molecule has 0 heterocycles. The lowest BCUT2D eigenvalue weighted by Gasteiger charge is -2.37. The summed E-state index contributed by atoms with van der Waals surface area (Å²) in [5.41, 5.74) is 0.409. The van der Waals surface area contributed by atoms with E-state index in [9.17, 15) is 9.65 Å². The maximum Gasteiger partial charge on any atom is 0.165 e. The molecule has 0 saturated heterocycles. The van der Waals surface area contributed by atoms with Gasteiger partial charge < -0.3 is 4.74 Å². The van der Waals surface area contributed by atoms with Crippen molar-refractivity contribution in [3.8, 4) is 11.8 Å². The van der Waals surface area contributed by atoms with Crippen molar-refractivity contribution < 1.29 is 9.13 Å². The van der Waals surface area contributed by atoms with Gasteiger partial charge in [-0.1, -0.05) is 6.07 Å². The zero-order valence-corrected chi connectivity index (χ0v) is 12.9. The van der Waals surface area contributed by atoms with Crippen molar-refractivity contribution in [2.75, 3.05) is 0 Å². The molecule has 21 heavy (non-hydrogen) atoms. The van der Waals surface area contributed by atoms with Gasteiger partial charge in [0.2, 0.25) is 0 Å². The predicted molar refractivity (Wildman–Crippen MR) is 80.6 cm³/mol. The number of aryl methyl sites for hydroxylation is 1. The minimum Gasteiger partial charge on any atom is -0.487 e. The van der Waals surface area contributed by atoms with Crippen molar-refractivity contribution in [1.82, 2.24) is 5.32 Å². The third kappa shape index (κ3) is 3.95. The third-order valence-electron chi connectivity index (χ3n) is 3.87. The molecule has 0 amide bonds. The van der Waals surface area contributed by atoms with Crippen molar-refractivity contribution in [2.45, 2.75) is 64.1 Å². The first-order valence-electron chi connectivity index (χ1n) is 7.56. The summed E-state index contributed by atoms with van der Waals surface area (Å²) in [5.74, 6) is -0.0520. The van der Waals surface area contributed by atoms with Crippen molar-refractivity contribution in [1.29, 1.82) is 5.26 Å². The van der Waals surface area contributed by atoms with Crippen LogP contribution in [0.15, 0.2) is 18.2 Å². The number of hydrogen-bond donors (Lipinski definition) is 1. The van der Waals surface area contributed by atoms with Crippen LogP contribution in [0.4, 0.5) is 4.39 Å². The van der Waals surface area contributed by atoms with Crippen molar-refractivity contribution in [3.05, 3.63) is 29.6 Å². The molecule has 2 unspecified atom stereocenters. The fourth-order valence-electron chi connectivity index (χ4n) is 3.02. The average Bonchev–Trinajstić information content (AvgIpc) is 2.42. The molecule has 0 aliphatic heterocycles. The molecule has 1 aromatic rings. The Morgan fingerprint density at radius 1 is 1.48 bits per heavy atom. The Bertz CT molecular complexity index is 538. The molecule has 1 fully saturated rings. The quantitative estimate of drug-likeness (QED) is 0.919. The second kappa shape index (κ2) is 6.44. The summed E-state index contributed by atoms with van der Waals surface area (Å²) >= 11 is 0. The van der Waals surface area contributed by atoms with Gasteiger partial charge in [0, 0.05) is 12.5 Å². The predicted octanol–water partition coefficient (Wildman–Crippen LogP) is 3.72. The maximum absolute atomic E-state index is 13.8. The van der Waals surface area contributed by atoms with Crippen LogP contribution in [0, 0.1) is 24.1 Å². The fourth-order valence-corrected chi connectivity index (χ4v) is 3.02. The van der Waals surface area contributed by atoms with Crippen LogP contribution in [0.2, 0.25) is 0 Å². The van der Waals surface area contributed by atoms with Gasteiger partial charge in [-0.25, -0.2) is 4.39 Å². The molecule has 3 nitrogen and oxygen atoms in total. The Kier molecular flexibility index (Phi) is 4.84. The second-order valence-corrected chi connectivity index (χ2v) is 6.26. The van der Waals surface area contributed by atoms with Gasteiger partial charge in [-0.15, -0.1) is 0 Å². The van der Waals surface area contributed by atoms with Gasteiger partial charge in [-0.2, -0.15) is 5.26 Å². The van der Waals surface area contributed by atoms with E-state index >= 15 is 0 Å². The standard InChI is InChI=1S/C17H23FN2O/c1-12(2)20-17(11-19)8-4-5-14(10-17)21-16-9-13(3)6-7-15(16)18/h6-7,9,12,14,20H,4-5,8,10H2,1-3H3. The van der Waals surface area contributed by atoms with Crippen LogP contribution in [0.3, 0.4) is 0 Å². The van der Waals surface area contributed by atoms with Crippen molar-refractivity contribution >= 4 is 0 Å². The lowest BCUT2D eigenvalue weighted by Crippen LogP contribution is -2.52. The molecular formula is C17H23FN2O. The second-order valence-electron chi connectivity index (χ2n) is 6.26. The van der Waals surface area contributed by atoms with Crippen molar-refractivity contribution in [3.63, 3.8) is 0 Å². The van der Waals surface area contributed by atoms with E-state index in [1.54, 1.807) is 12.1 Å². The number of benzene rings is 1. The molecule has 0 spiro atoms. The van der Waals surface area contributed by atoms with Gasteiger partial charge in [0.05, 0.1) is 6.07 Å². The summed E-state index contributed by atoms with van der Waals surface area (Å²) in [6.45, 7) is 5.97. The van der Waals surface area contributed by atoms with E-state index < -0.39 is 5.54 Å². The molecule has 114 valence electrons. The highest BCUT2D eigenvalue weighted by atomic mass is 19.1. The molecule has 1 aliphatic carbocycles. The van der Waals surface area contributed by atoms with E-state index in [0.29, 0.717) is 12.2 Å². The first kappa shape index (κ1) is 15.8. The van der Waals surface area contributed by atoms with E-state index in [-0.39, 0.29) is 18.0 Å². The summed E-state index contributed by atoms with van der Waals surface area (Å²) in [6, 6.07) is 7.51. The Labute approximate surface area is 126 Å². The topological polar surface area (TPSA) is 45.0 Å². The number of nitrogens with one attached hydrogen (secondary N) is 1. The minimum absolute atomic E-state index is 0.124. The molecule has 0 bridgehead atoms. The summed E-state index contributed by atoms with van der Waals surface area (Å²) in [4.78, 5) is 0. The van der Waals surface area contributed by atoms with E-state index in [0.717, 1.165) is 24.8 Å². The Balaban J connectivity index is 2.11. The van der Waals surface area contributed by atoms with Crippen molar-refractivity contribution in [2.24, 2.45) is 0 Å². The Morgan fingerprint density at radius 2 is 2.24 bits per heavy atom. The SMILES string of the molecule is Cc1ccc(F)c(OC2CCCC(C#N)(NC(C)C)C2)c1. The van der Waals surface area contributed by atoms with Crippen LogP contribution < -0.4 is 10.1 Å². The van der Waals surface area contributed by atoms with Gasteiger partial charge in [0.15, 0.2) is 11.6 Å². The number of ether oxygens (including phenoxy) is 1. The zero-order valence-electron chi connectivity index (χ0n) is 12.9. The first-order valence-corrected chi connectivity index (χ1v) is 7.56. The van der Waals surface area contributed by atoms with Gasteiger partial charge in [0.25, 0.3) is 0 Å². The van der Waals surface area contributed by atoms with E-state index in [1.807, 2.05) is 20.8 Å². The van der Waals surface area contributed by atoms with Gasteiger partial charge in [0.1, 0.15) is 11.6 Å². The molecular weight excluding hydrogens is 267 g/mol. The van der Waals surface area contributed by atoms with E-state index in [4.69, 9.17) is 4.74 Å². The number of nitrogens with zero attached hydrogens (tertiary/aromatic N) is 1. The van der Waals surface area contributed by atoms with Crippen LogP contribution in [0.5, 0.6) is 5.75 Å². The smallest absolute Gasteiger partial charge is 0.165 e. The molecule has 4 heteroatoms. The van der Waals surface area contributed by atoms with Crippen LogP contribution in [0.1, 0.15) is 45.1 Å². The largest absolute Gasteiger partial charge is 0.487 e. The maximum atomic E-state index is 13.8. The number of halogens is 1. The van der Waals surface area contributed by atoms with Crippen LogP contribution >= 0.6 is 0 Å². The molecule has 2 rings (SSSR count). The molecule has 2 atom stereocenters. The van der Waals surface area contributed by atoms with Crippen LogP contribution in [-0.4, -0.2) is 17.7 Å².